The number of aromatic nitrogens is 4. The lowest BCUT2D eigenvalue weighted by Crippen LogP contribution is -2.32. The monoisotopic (exact) mass is 290 g/mol. The average molecular weight is 290 g/mol. The zero-order chi connectivity index (χ0) is 15.6. The molecule has 0 bridgehead atoms. The van der Waals surface area contributed by atoms with Gasteiger partial charge in [0.05, 0.1) is 19.0 Å². The fourth-order valence-corrected chi connectivity index (χ4v) is 2.50. The quantitative estimate of drug-likeness (QED) is 0.885. The van der Waals surface area contributed by atoms with Crippen LogP contribution >= 0.6 is 0 Å². The first-order valence-corrected chi connectivity index (χ1v) is 6.68. The van der Waals surface area contributed by atoms with Crippen molar-refractivity contribution in [3.63, 3.8) is 0 Å². The second kappa shape index (κ2) is 5.90. The number of carboxylic acid groups (broad SMARTS) is 1. The standard InChI is InChI=1S/C14H18N4O3/c1-9(8-17-6-4-5-15-17)18-11(3)12(7-13(19)20)10(2)16-14(18)21/h4-6,9H,7-8H2,1-3H3,(H,19,20). The highest BCUT2D eigenvalue weighted by molar-refractivity contribution is 5.70. The number of aliphatic carboxylic acids is 1. The molecule has 112 valence electrons. The number of carboxylic acids is 1. The molecule has 0 fully saturated rings. The Labute approximate surface area is 121 Å². The molecule has 0 aliphatic rings. The molecule has 2 aromatic heterocycles. The molecule has 2 heterocycles. The van der Waals surface area contributed by atoms with Crippen molar-refractivity contribution in [3.05, 3.63) is 45.9 Å². The minimum Gasteiger partial charge on any atom is -0.481 e. The third kappa shape index (κ3) is 3.18. The molecule has 0 aliphatic heterocycles. The topological polar surface area (TPSA) is 90.0 Å². The van der Waals surface area contributed by atoms with E-state index in [1.807, 2.05) is 19.2 Å². The Morgan fingerprint density at radius 2 is 2.14 bits per heavy atom. The maximum atomic E-state index is 12.1. The third-order valence-corrected chi connectivity index (χ3v) is 3.48. The molecule has 1 unspecified atom stereocenters. The molecule has 21 heavy (non-hydrogen) atoms. The summed E-state index contributed by atoms with van der Waals surface area (Å²) in [5.74, 6) is -0.937. The molecule has 0 spiro atoms. The molecule has 0 saturated heterocycles. The third-order valence-electron chi connectivity index (χ3n) is 3.48. The van der Waals surface area contributed by atoms with Gasteiger partial charge in [-0.25, -0.2) is 4.79 Å². The molecule has 7 nitrogen and oxygen atoms in total. The van der Waals surface area contributed by atoms with Gasteiger partial charge >= 0.3 is 11.7 Å². The van der Waals surface area contributed by atoms with Crippen LogP contribution in [0.15, 0.2) is 23.3 Å². The van der Waals surface area contributed by atoms with Crippen LogP contribution in [0, 0.1) is 13.8 Å². The van der Waals surface area contributed by atoms with Crippen LogP contribution in [0.1, 0.15) is 29.9 Å². The molecule has 0 amide bonds. The lowest BCUT2D eigenvalue weighted by Gasteiger charge is -2.20. The molecule has 0 radical (unpaired) electrons. The first-order chi connectivity index (χ1) is 9.90. The van der Waals surface area contributed by atoms with Crippen LogP contribution in [-0.4, -0.2) is 30.4 Å². The zero-order valence-electron chi connectivity index (χ0n) is 12.3. The minimum absolute atomic E-state index is 0.139. The second-order valence-corrected chi connectivity index (χ2v) is 5.06. The summed E-state index contributed by atoms with van der Waals surface area (Å²) in [6.45, 7) is 5.83. The molecule has 1 atom stereocenters. The maximum Gasteiger partial charge on any atom is 0.348 e. The van der Waals surface area contributed by atoms with Crippen LogP contribution in [0.25, 0.3) is 0 Å². The number of hydrogen-bond acceptors (Lipinski definition) is 4. The largest absolute Gasteiger partial charge is 0.481 e. The molecule has 0 aromatic carbocycles. The molecule has 2 rings (SSSR count). The van der Waals surface area contributed by atoms with E-state index < -0.39 is 5.97 Å². The summed E-state index contributed by atoms with van der Waals surface area (Å²) in [7, 11) is 0. The van der Waals surface area contributed by atoms with E-state index in [1.54, 1.807) is 24.7 Å². The van der Waals surface area contributed by atoms with Crippen molar-refractivity contribution in [1.29, 1.82) is 0 Å². The molecular formula is C14H18N4O3. The molecule has 0 aliphatic carbocycles. The predicted octanol–water partition coefficient (Wildman–Crippen LogP) is 0.945. The highest BCUT2D eigenvalue weighted by Crippen LogP contribution is 2.15. The van der Waals surface area contributed by atoms with Gasteiger partial charge in [-0.1, -0.05) is 0 Å². The lowest BCUT2D eigenvalue weighted by atomic mass is 10.1. The summed E-state index contributed by atoms with van der Waals surface area (Å²) >= 11 is 0. The molecular weight excluding hydrogens is 272 g/mol. The molecule has 1 N–H and O–H groups in total. The summed E-state index contributed by atoms with van der Waals surface area (Å²) in [5.41, 5.74) is 1.35. The van der Waals surface area contributed by atoms with Gasteiger partial charge in [-0.05, 0) is 26.8 Å². The number of rotatable bonds is 5. The normalized spacial score (nSPS) is 12.3. The Bertz CT molecular complexity index is 704. The van der Waals surface area contributed by atoms with E-state index in [4.69, 9.17) is 5.11 Å². The van der Waals surface area contributed by atoms with Crippen LogP contribution < -0.4 is 5.69 Å². The minimum atomic E-state index is -0.937. The smallest absolute Gasteiger partial charge is 0.348 e. The lowest BCUT2D eigenvalue weighted by molar-refractivity contribution is -0.136. The van der Waals surface area contributed by atoms with E-state index in [9.17, 15) is 9.59 Å². The molecule has 0 saturated carbocycles. The van der Waals surface area contributed by atoms with Crippen LogP contribution in [0.5, 0.6) is 0 Å². The van der Waals surface area contributed by atoms with Gasteiger partial charge in [0, 0.05) is 29.3 Å². The SMILES string of the molecule is Cc1nc(=O)n(C(C)Cn2cccn2)c(C)c1CC(=O)O. The highest BCUT2D eigenvalue weighted by atomic mass is 16.4. The highest BCUT2D eigenvalue weighted by Gasteiger charge is 2.18. The number of aryl methyl sites for hydroxylation is 1. The van der Waals surface area contributed by atoms with Crippen molar-refractivity contribution in [2.75, 3.05) is 0 Å². The van der Waals surface area contributed by atoms with Gasteiger partial charge in [-0.3, -0.25) is 14.0 Å². The van der Waals surface area contributed by atoms with Gasteiger partial charge in [0.1, 0.15) is 0 Å². The van der Waals surface area contributed by atoms with Gasteiger partial charge in [-0.2, -0.15) is 10.1 Å². The van der Waals surface area contributed by atoms with Crippen molar-refractivity contribution in [2.24, 2.45) is 0 Å². The summed E-state index contributed by atoms with van der Waals surface area (Å²) in [4.78, 5) is 27.1. The zero-order valence-corrected chi connectivity index (χ0v) is 12.3. The van der Waals surface area contributed by atoms with E-state index in [1.165, 1.54) is 4.57 Å². The van der Waals surface area contributed by atoms with E-state index in [0.717, 1.165) is 0 Å². The van der Waals surface area contributed by atoms with Crippen molar-refractivity contribution < 1.29 is 9.90 Å². The summed E-state index contributed by atoms with van der Waals surface area (Å²) in [5, 5.41) is 13.1. The average Bonchev–Trinajstić information content (AvgIpc) is 2.86. The van der Waals surface area contributed by atoms with Gasteiger partial charge < -0.3 is 5.11 Å². The van der Waals surface area contributed by atoms with Gasteiger partial charge in [-0.15, -0.1) is 0 Å². The number of nitrogens with zero attached hydrogens (tertiary/aromatic N) is 4. The Hall–Kier alpha value is -2.44. The fourth-order valence-electron chi connectivity index (χ4n) is 2.50. The number of hydrogen-bond donors (Lipinski definition) is 1. The maximum absolute atomic E-state index is 12.1. The summed E-state index contributed by atoms with van der Waals surface area (Å²) in [6, 6.07) is 1.64. The van der Waals surface area contributed by atoms with Crippen molar-refractivity contribution in [1.82, 2.24) is 19.3 Å². The van der Waals surface area contributed by atoms with E-state index in [-0.39, 0.29) is 18.2 Å². The van der Waals surface area contributed by atoms with E-state index in [2.05, 4.69) is 10.1 Å². The summed E-state index contributed by atoms with van der Waals surface area (Å²) in [6.07, 6.45) is 3.35. The first kappa shape index (κ1) is 15.0. The second-order valence-electron chi connectivity index (χ2n) is 5.06. The van der Waals surface area contributed by atoms with Crippen LogP contribution in [0.4, 0.5) is 0 Å². The Morgan fingerprint density at radius 1 is 1.43 bits per heavy atom. The van der Waals surface area contributed by atoms with Gasteiger partial charge in [0.25, 0.3) is 0 Å². The Morgan fingerprint density at radius 3 is 2.71 bits per heavy atom. The summed E-state index contributed by atoms with van der Waals surface area (Å²) < 4.78 is 3.26. The van der Waals surface area contributed by atoms with Crippen LogP contribution in [0.2, 0.25) is 0 Å². The Balaban J connectivity index is 2.42. The van der Waals surface area contributed by atoms with Crippen molar-refractivity contribution in [3.8, 4) is 0 Å². The van der Waals surface area contributed by atoms with Crippen molar-refractivity contribution in [2.45, 2.75) is 39.8 Å². The number of carbonyl (C=O) groups is 1. The van der Waals surface area contributed by atoms with Gasteiger partial charge in [0.15, 0.2) is 0 Å². The van der Waals surface area contributed by atoms with E-state index in [0.29, 0.717) is 23.5 Å². The molecule has 7 heteroatoms. The molecule has 2 aromatic rings. The van der Waals surface area contributed by atoms with Gasteiger partial charge in [0.2, 0.25) is 0 Å². The van der Waals surface area contributed by atoms with Crippen molar-refractivity contribution >= 4 is 5.97 Å². The Kier molecular flexibility index (Phi) is 4.21. The predicted molar refractivity (Wildman–Crippen MR) is 76.2 cm³/mol. The van der Waals surface area contributed by atoms with Crippen LogP contribution in [0.3, 0.4) is 0 Å². The van der Waals surface area contributed by atoms with Crippen LogP contribution in [-0.2, 0) is 17.8 Å². The first-order valence-electron chi connectivity index (χ1n) is 6.68. The van der Waals surface area contributed by atoms with E-state index >= 15 is 0 Å². The fraction of sp³-hybridized carbons (Fsp3) is 0.429.